The number of unbranched alkanes of at least 4 members (excludes halogenated alkanes) is 1. The first-order chi connectivity index (χ1) is 11.4. The van der Waals surface area contributed by atoms with E-state index in [9.17, 15) is 9.59 Å². The second kappa shape index (κ2) is 8.43. The average Bonchev–Trinajstić information content (AvgIpc) is 2.79. The van der Waals surface area contributed by atoms with Crippen LogP contribution in [0.15, 0.2) is 5.03 Å². The minimum absolute atomic E-state index is 0.140. The molecule has 2 rings (SSSR count). The first-order valence-electron chi connectivity index (χ1n) is 7.87. The molecule has 0 atom stereocenters. The normalized spacial score (nSPS) is 10.8. The van der Waals surface area contributed by atoms with Crippen molar-refractivity contribution < 1.29 is 9.59 Å². The van der Waals surface area contributed by atoms with E-state index in [1.54, 1.807) is 11.3 Å². The van der Waals surface area contributed by atoms with Crippen molar-refractivity contribution in [3.05, 3.63) is 16.3 Å². The van der Waals surface area contributed by atoms with E-state index in [-0.39, 0.29) is 11.7 Å². The largest absolute Gasteiger partial charge is 0.338 e. The standard InChI is InChI=1S/C16H22N4O2S2/c1-5-6-7-17-16(22)20-12(21)8-23-14-13-9(2)10(3)24-15(13)19-11(4)18-14/h5-8H2,1-4H3,(H2,17,20,21,22). The summed E-state index contributed by atoms with van der Waals surface area (Å²) >= 11 is 2.97. The molecule has 130 valence electrons. The lowest BCUT2D eigenvalue weighted by Crippen LogP contribution is -2.40. The Balaban J connectivity index is 2.00. The summed E-state index contributed by atoms with van der Waals surface area (Å²) in [5.74, 6) is 0.494. The average molecular weight is 367 g/mol. The number of urea groups is 1. The Bertz CT molecular complexity index is 758. The highest BCUT2D eigenvalue weighted by Crippen LogP contribution is 2.34. The quantitative estimate of drug-likeness (QED) is 0.465. The van der Waals surface area contributed by atoms with Crippen molar-refractivity contribution in [1.29, 1.82) is 0 Å². The zero-order valence-corrected chi connectivity index (χ0v) is 16.0. The highest BCUT2D eigenvalue weighted by atomic mass is 32.2. The van der Waals surface area contributed by atoms with Crippen molar-refractivity contribution in [2.24, 2.45) is 0 Å². The summed E-state index contributed by atoms with van der Waals surface area (Å²) in [7, 11) is 0. The van der Waals surface area contributed by atoms with Crippen LogP contribution in [0.2, 0.25) is 0 Å². The number of nitrogens with zero attached hydrogens (tertiary/aromatic N) is 2. The number of carbonyl (C=O) groups excluding carboxylic acids is 2. The molecule has 24 heavy (non-hydrogen) atoms. The molecular formula is C16H22N4O2S2. The van der Waals surface area contributed by atoms with E-state index in [1.807, 2.05) is 20.8 Å². The fourth-order valence-corrected chi connectivity index (χ4v) is 4.21. The van der Waals surface area contributed by atoms with E-state index in [4.69, 9.17) is 0 Å². The maximum absolute atomic E-state index is 11.9. The number of rotatable bonds is 6. The highest BCUT2D eigenvalue weighted by molar-refractivity contribution is 8.00. The summed E-state index contributed by atoms with van der Waals surface area (Å²) in [5, 5.41) is 6.80. The molecule has 0 saturated carbocycles. The third-order valence-corrected chi connectivity index (χ3v) is 5.59. The molecule has 0 aliphatic carbocycles. The van der Waals surface area contributed by atoms with Crippen molar-refractivity contribution in [3.8, 4) is 0 Å². The molecule has 6 nitrogen and oxygen atoms in total. The Morgan fingerprint density at radius 2 is 1.96 bits per heavy atom. The Kier molecular flexibility index (Phi) is 6.56. The van der Waals surface area contributed by atoms with Gasteiger partial charge in [-0.3, -0.25) is 10.1 Å². The fourth-order valence-electron chi connectivity index (χ4n) is 2.14. The monoisotopic (exact) mass is 366 g/mol. The molecule has 2 aromatic heterocycles. The molecule has 3 amide bonds. The molecule has 0 aliphatic heterocycles. The van der Waals surface area contributed by atoms with E-state index in [2.05, 4.69) is 27.5 Å². The number of hydrogen-bond donors (Lipinski definition) is 2. The van der Waals surface area contributed by atoms with Crippen LogP contribution < -0.4 is 10.6 Å². The molecule has 2 aromatic rings. The number of carbonyl (C=O) groups is 2. The summed E-state index contributed by atoms with van der Waals surface area (Å²) in [4.78, 5) is 34.6. The number of hydrogen-bond acceptors (Lipinski definition) is 6. The molecule has 2 N–H and O–H groups in total. The molecule has 0 radical (unpaired) electrons. The number of imide groups is 1. The van der Waals surface area contributed by atoms with Crippen LogP contribution in [0.1, 0.15) is 36.0 Å². The van der Waals surface area contributed by atoms with E-state index in [1.165, 1.54) is 16.6 Å². The van der Waals surface area contributed by atoms with Crippen molar-refractivity contribution in [2.75, 3.05) is 12.3 Å². The third kappa shape index (κ3) is 4.67. The number of aryl methyl sites for hydroxylation is 3. The maximum Gasteiger partial charge on any atom is 0.321 e. The van der Waals surface area contributed by atoms with Gasteiger partial charge in [-0.15, -0.1) is 11.3 Å². The lowest BCUT2D eigenvalue weighted by molar-refractivity contribution is -0.117. The minimum Gasteiger partial charge on any atom is -0.338 e. The van der Waals surface area contributed by atoms with Gasteiger partial charge < -0.3 is 5.32 Å². The van der Waals surface area contributed by atoms with Crippen LogP contribution in [-0.2, 0) is 4.79 Å². The number of aromatic nitrogens is 2. The van der Waals surface area contributed by atoms with Gasteiger partial charge in [-0.2, -0.15) is 0 Å². The molecule has 0 aromatic carbocycles. The SMILES string of the molecule is CCCCNC(=O)NC(=O)CSc1nc(C)nc2sc(C)c(C)c12. The van der Waals surface area contributed by atoms with Gasteiger partial charge in [0, 0.05) is 16.8 Å². The molecule has 0 unspecified atom stereocenters. The van der Waals surface area contributed by atoms with Gasteiger partial charge in [-0.05, 0) is 32.8 Å². The topological polar surface area (TPSA) is 84.0 Å². The molecule has 0 fully saturated rings. The van der Waals surface area contributed by atoms with Crippen molar-refractivity contribution in [1.82, 2.24) is 20.6 Å². The van der Waals surface area contributed by atoms with Crippen LogP contribution >= 0.6 is 23.1 Å². The van der Waals surface area contributed by atoms with Gasteiger partial charge in [0.1, 0.15) is 15.7 Å². The Hall–Kier alpha value is -1.67. The molecule has 8 heteroatoms. The van der Waals surface area contributed by atoms with E-state index < -0.39 is 6.03 Å². The van der Waals surface area contributed by atoms with Gasteiger partial charge in [0.25, 0.3) is 0 Å². The van der Waals surface area contributed by atoms with Crippen LogP contribution in [0.4, 0.5) is 4.79 Å². The maximum atomic E-state index is 11.9. The van der Waals surface area contributed by atoms with E-state index in [0.717, 1.165) is 33.6 Å². The number of fused-ring (bicyclic) bond motifs is 1. The van der Waals surface area contributed by atoms with Gasteiger partial charge >= 0.3 is 6.03 Å². The van der Waals surface area contributed by atoms with Crippen LogP contribution in [0.25, 0.3) is 10.2 Å². The Morgan fingerprint density at radius 1 is 1.21 bits per heavy atom. The minimum atomic E-state index is -0.444. The molecule has 0 saturated heterocycles. The second-order valence-corrected chi connectivity index (χ2v) is 7.65. The summed E-state index contributed by atoms with van der Waals surface area (Å²) in [6, 6.07) is -0.444. The Labute approximate surface area is 149 Å². The number of nitrogens with one attached hydrogen (secondary N) is 2. The predicted octanol–water partition coefficient (Wildman–Crippen LogP) is 3.33. The molecule has 0 spiro atoms. The van der Waals surface area contributed by atoms with Gasteiger partial charge in [0.15, 0.2) is 0 Å². The Morgan fingerprint density at radius 3 is 2.67 bits per heavy atom. The first kappa shape index (κ1) is 18.7. The van der Waals surface area contributed by atoms with Crippen LogP contribution in [0, 0.1) is 20.8 Å². The van der Waals surface area contributed by atoms with Crippen molar-refractivity contribution in [3.63, 3.8) is 0 Å². The summed E-state index contributed by atoms with van der Waals surface area (Å²) in [5.41, 5.74) is 1.15. The third-order valence-electron chi connectivity index (χ3n) is 3.52. The summed E-state index contributed by atoms with van der Waals surface area (Å²) < 4.78 is 0. The first-order valence-corrected chi connectivity index (χ1v) is 9.67. The number of thiophene rings is 1. The number of amides is 3. The summed E-state index contributed by atoms with van der Waals surface area (Å²) in [6.07, 6.45) is 1.89. The van der Waals surface area contributed by atoms with Crippen LogP contribution in [0.5, 0.6) is 0 Å². The molecule has 2 heterocycles. The lowest BCUT2D eigenvalue weighted by Gasteiger charge is -2.07. The molecule has 0 aliphatic rings. The zero-order chi connectivity index (χ0) is 17.7. The van der Waals surface area contributed by atoms with Gasteiger partial charge in [-0.1, -0.05) is 25.1 Å². The zero-order valence-electron chi connectivity index (χ0n) is 14.4. The van der Waals surface area contributed by atoms with E-state index >= 15 is 0 Å². The lowest BCUT2D eigenvalue weighted by atomic mass is 10.2. The van der Waals surface area contributed by atoms with Gasteiger partial charge in [-0.25, -0.2) is 14.8 Å². The highest BCUT2D eigenvalue weighted by Gasteiger charge is 2.15. The second-order valence-electron chi connectivity index (χ2n) is 5.49. The summed E-state index contributed by atoms with van der Waals surface area (Å²) in [6.45, 7) is 8.55. The molecular weight excluding hydrogens is 344 g/mol. The van der Waals surface area contributed by atoms with Crippen molar-refractivity contribution in [2.45, 2.75) is 45.6 Å². The molecule has 0 bridgehead atoms. The van der Waals surface area contributed by atoms with Crippen LogP contribution in [-0.4, -0.2) is 34.2 Å². The van der Waals surface area contributed by atoms with Gasteiger partial charge in [0.2, 0.25) is 5.91 Å². The fraction of sp³-hybridized carbons (Fsp3) is 0.500. The number of thioether (sulfide) groups is 1. The smallest absolute Gasteiger partial charge is 0.321 e. The van der Waals surface area contributed by atoms with Crippen LogP contribution in [0.3, 0.4) is 0 Å². The van der Waals surface area contributed by atoms with Crippen molar-refractivity contribution >= 4 is 45.3 Å². The predicted molar refractivity (Wildman–Crippen MR) is 98.8 cm³/mol. The van der Waals surface area contributed by atoms with E-state index in [0.29, 0.717) is 12.4 Å². The van der Waals surface area contributed by atoms with Gasteiger partial charge in [0.05, 0.1) is 5.75 Å².